The van der Waals surface area contributed by atoms with Crippen molar-refractivity contribution in [2.24, 2.45) is 0 Å². The Labute approximate surface area is 185 Å². The average Bonchev–Trinajstić information content (AvgIpc) is 3.21. The molecule has 31 heavy (non-hydrogen) atoms. The van der Waals surface area contributed by atoms with Gasteiger partial charge in [0.05, 0.1) is 15.6 Å². The van der Waals surface area contributed by atoms with Crippen molar-refractivity contribution in [3.63, 3.8) is 0 Å². The Morgan fingerprint density at radius 2 is 1.81 bits per heavy atom. The van der Waals surface area contributed by atoms with Crippen molar-refractivity contribution >= 4 is 41.0 Å². The maximum Gasteiger partial charge on any atom is 0.417 e. The Balaban J connectivity index is 1.37. The van der Waals surface area contributed by atoms with Gasteiger partial charge in [0.2, 0.25) is 12.7 Å². The summed E-state index contributed by atoms with van der Waals surface area (Å²) in [4.78, 5) is 19.8. The first kappa shape index (κ1) is 21.6. The van der Waals surface area contributed by atoms with Crippen LogP contribution < -0.4 is 14.4 Å². The molecule has 2 aliphatic heterocycles. The minimum absolute atomic E-state index is 0.0748. The van der Waals surface area contributed by atoms with E-state index in [1.165, 1.54) is 6.08 Å². The van der Waals surface area contributed by atoms with E-state index in [-0.39, 0.29) is 23.5 Å². The topological polar surface area (TPSA) is 54.9 Å². The monoisotopic (exact) mass is 473 g/mol. The second-order valence-electron chi connectivity index (χ2n) is 6.91. The molecule has 0 aliphatic carbocycles. The maximum absolute atomic E-state index is 12.8. The van der Waals surface area contributed by atoms with E-state index >= 15 is 0 Å². The van der Waals surface area contributed by atoms with Gasteiger partial charge in [0.1, 0.15) is 5.82 Å². The molecule has 0 bridgehead atoms. The fraction of sp³-hybridized carbons (Fsp3) is 0.300. The minimum atomic E-state index is -4.51. The standard InChI is InChI=1S/C20H16Cl2F3N3O3/c21-14-7-12(8-16-18(14)31-11-30-16)1-2-17(29)27-3-5-28(6-4-27)19-15(22)9-13(10-26-19)20(23,24)25/h1-2,7-10H,3-6,11H2/b2-1+. The Kier molecular flexibility index (Phi) is 5.90. The number of nitrogens with zero attached hydrogens (tertiary/aromatic N) is 3. The third-order valence-corrected chi connectivity index (χ3v) is 5.47. The van der Waals surface area contributed by atoms with Crippen molar-refractivity contribution in [1.82, 2.24) is 9.88 Å². The number of benzene rings is 1. The molecule has 0 atom stereocenters. The van der Waals surface area contributed by atoms with Crippen LogP contribution in [0.4, 0.5) is 19.0 Å². The number of halogens is 5. The SMILES string of the molecule is O=C(/C=C/c1cc(Cl)c2c(c1)OCO2)N1CCN(c2ncc(C(F)(F)F)cc2Cl)CC1. The van der Waals surface area contributed by atoms with Crippen LogP contribution in [-0.2, 0) is 11.0 Å². The molecular formula is C20H16Cl2F3N3O3. The van der Waals surface area contributed by atoms with Gasteiger partial charge in [0, 0.05) is 38.5 Å². The molecule has 4 rings (SSSR count). The van der Waals surface area contributed by atoms with E-state index in [1.807, 2.05) is 0 Å². The van der Waals surface area contributed by atoms with Gasteiger partial charge < -0.3 is 19.3 Å². The summed E-state index contributed by atoms with van der Waals surface area (Å²) < 4.78 is 48.9. The molecule has 1 aromatic heterocycles. The van der Waals surface area contributed by atoms with Crippen LogP contribution in [0.5, 0.6) is 11.5 Å². The summed E-state index contributed by atoms with van der Waals surface area (Å²) in [6, 6.07) is 4.27. The number of pyridine rings is 1. The summed E-state index contributed by atoms with van der Waals surface area (Å²) in [5.74, 6) is 1.08. The van der Waals surface area contributed by atoms with E-state index in [9.17, 15) is 18.0 Å². The van der Waals surface area contributed by atoms with Gasteiger partial charge in [-0.25, -0.2) is 4.98 Å². The van der Waals surface area contributed by atoms with Crippen LogP contribution in [0.3, 0.4) is 0 Å². The summed E-state index contributed by atoms with van der Waals surface area (Å²) in [7, 11) is 0. The van der Waals surface area contributed by atoms with E-state index in [0.717, 1.165) is 12.3 Å². The summed E-state index contributed by atoms with van der Waals surface area (Å²) in [5.41, 5.74) is -0.203. The lowest BCUT2D eigenvalue weighted by atomic mass is 10.2. The number of carbonyl (C=O) groups is 1. The predicted molar refractivity (Wildman–Crippen MR) is 110 cm³/mol. The zero-order valence-electron chi connectivity index (χ0n) is 16.0. The van der Waals surface area contributed by atoms with Crippen molar-refractivity contribution in [1.29, 1.82) is 0 Å². The summed E-state index contributed by atoms with van der Waals surface area (Å²) in [6.45, 7) is 1.65. The highest BCUT2D eigenvalue weighted by Gasteiger charge is 2.32. The fourth-order valence-electron chi connectivity index (χ4n) is 3.31. The zero-order valence-corrected chi connectivity index (χ0v) is 17.5. The second-order valence-corrected chi connectivity index (χ2v) is 7.72. The van der Waals surface area contributed by atoms with Crippen LogP contribution >= 0.6 is 23.2 Å². The van der Waals surface area contributed by atoms with Gasteiger partial charge >= 0.3 is 6.18 Å². The molecule has 0 unspecified atom stereocenters. The van der Waals surface area contributed by atoms with E-state index < -0.39 is 11.7 Å². The van der Waals surface area contributed by atoms with E-state index in [4.69, 9.17) is 32.7 Å². The number of piperazine rings is 1. The zero-order chi connectivity index (χ0) is 22.2. The maximum atomic E-state index is 12.8. The molecule has 1 amide bonds. The van der Waals surface area contributed by atoms with Crippen molar-refractivity contribution < 1.29 is 27.4 Å². The number of amides is 1. The van der Waals surface area contributed by atoms with Gasteiger partial charge in [-0.3, -0.25) is 4.79 Å². The Hall–Kier alpha value is -2.65. The predicted octanol–water partition coefficient (Wildman–Crippen LogP) is 4.50. The second kappa shape index (κ2) is 8.47. The number of alkyl halides is 3. The van der Waals surface area contributed by atoms with Crippen LogP contribution in [0, 0.1) is 0 Å². The van der Waals surface area contributed by atoms with Gasteiger partial charge in [-0.1, -0.05) is 23.2 Å². The molecule has 1 fully saturated rings. The number of ether oxygens (including phenoxy) is 2. The molecular weight excluding hydrogens is 458 g/mol. The van der Waals surface area contributed by atoms with E-state index in [2.05, 4.69) is 4.98 Å². The number of hydrogen-bond donors (Lipinski definition) is 0. The number of aromatic nitrogens is 1. The number of hydrogen-bond acceptors (Lipinski definition) is 5. The van der Waals surface area contributed by atoms with Crippen LogP contribution in [0.1, 0.15) is 11.1 Å². The smallest absolute Gasteiger partial charge is 0.417 e. The fourth-order valence-corrected chi connectivity index (χ4v) is 3.87. The molecule has 164 valence electrons. The van der Waals surface area contributed by atoms with Gasteiger partial charge in [0.15, 0.2) is 11.5 Å². The Morgan fingerprint density at radius 1 is 1.06 bits per heavy atom. The lowest BCUT2D eigenvalue weighted by Gasteiger charge is -2.35. The molecule has 1 saturated heterocycles. The minimum Gasteiger partial charge on any atom is -0.454 e. The van der Waals surface area contributed by atoms with Crippen molar-refractivity contribution in [2.75, 3.05) is 37.9 Å². The first-order chi connectivity index (χ1) is 14.7. The molecule has 6 nitrogen and oxygen atoms in total. The largest absolute Gasteiger partial charge is 0.454 e. The van der Waals surface area contributed by atoms with E-state index in [0.29, 0.717) is 48.3 Å². The third kappa shape index (κ3) is 4.67. The van der Waals surface area contributed by atoms with Crippen LogP contribution in [0.25, 0.3) is 6.08 Å². The van der Waals surface area contributed by atoms with Gasteiger partial charge in [-0.2, -0.15) is 13.2 Å². The Bertz CT molecular complexity index is 1040. The number of anilines is 1. The molecule has 1 aromatic carbocycles. The van der Waals surface area contributed by atoms with Gasteiger partial charge in [-0.15, -0.1) is 0 Å². The van der Waals surface area contributed by atoms with Crippen molar-refractivity contribution in [3.05, 3.63) is 51.6 Å². The lowest BCUT2D eigenvalue weighted by molar-refractivity contribution is -0.137. The average molecular weight is 474 g/mol. The van der Waals surface area contributed by atoms with Crippen LogP contribution in [0.15, 0.2) is 30.5 Å². The molecule has 2 aromatic rings. The first-order valence-electron chi connectivity index (χ1n) is 9.26. The number of carbonyl (C=O) groups excluding carboxylic acids is 1. The highest BCUT2D eigenvalue weighted by molar-refractivity contribution is 6.33. The Morgan fingerprint density at radius 3 is 2.48 bits per heavy atom. The molecule has 11 heteroatoms. The third-order valence-electron chi connectivity index (χ3n) is 4.91. The van der Waals surface area contributed by atoms with Crippen molar-refractivity contribution in [2.45, 2.75) is 6.18 Å². The molecule has 0 N–H and O–H groups in total. The van der Waals surface area contributed by atoms with Gasteiger partial charge in [0.25, 0.3) is 0 Å². The number of rotatable bonds is 3. The summed E-state index contributed by atoms with van der Waals surface area (Å²) in [5, 5.41) is 0.325. The number of fused-ring (bicyclic) bond motifs is 1. The molecule has 0 radical (unpaired) electrons. The highest BCUT2D eigenvalue weighted by Crippen LogP contribution is 2.40. The van der Waals surface area contributed by atoms with Crippen LogP contribution in [-0.4, -0.2) is 48.8 Å². The quantitative estimate of drug-likeness (QED) is 0.614. The normalized spacial score (nSPS) is 16.3. The lowest BCUT2D eigenvalue weighted by Crippen LogP contribution is -2.48. The molecule has 2 aliphatic rings. The highest BCUT2D eigenvalue weighted by atomic mass is 35.5. The first-order valence-corrected chi connectivity index (χ1v) is 10.0. The summed E-state index contributed by atoms with van der Waals surface area (Å²) >= 11 is 12.2. The molecule has 0 saturated carbocycles. The summed E-state index contributed by atoms with van der Waals surface area (Å²) in [6.07, 6.45) is -0.670. The molecule has 3 heterocycles. The molecule has 0 spiro atoms. The van der Waals surface area contributed by atoms with Crippen LogP contribution in [0.2, 0.25) is 10.0 Å². The van der Waals surface area contributed by atoms with Gasteiger partial charge in [-0.05, 0) is 29.8 Å². The van der Waals surface area contributed by atoms with Crippen molar-refractivity contribution in [3.8, 4) is 11.5 Å². The van der Waals surface area contributed by atoms with E-state index in [1.54, 1.807) is 28.0 Å².